The molecule has 0 heterocycles. The fraction of sp³-hybridized carbons (Fsp3) is 0.143. The summed E-state index contributed by atoms with van der Waals surface area (Å²) in [4.78, 5) is 0. The van der Waals surface area contributed by atoms with Crippen LogP contribution in [0, 0.1) is 0 Å². The van der Waals surface area contributed by atoms with Gasteiger partial charge in [-0.2, -0.15) is 0 Å². The van der Waals surface area contributed by atoms with Crippen LogP contribution in [0.5, 0.6) is 0 Å². The molecule has 18 heavy (non-hydrogen) atoms. The molecule has 0 saturated heterocycles. The van der Waals surface area contributed by atoms with Crippen molar-refractivity contribution < 1.29 is 0 Å². The van der Waals surface area contributed by atoms with Crippen molar-refractivity contribution in [3.05, 3.63) is 67.6 Å². The van der Waals surface area contributed by atoms with E-state index in [1.165, 1.54) is 5.56 Å². The molecule has 0 N–H and O–H groups in total. The van der Waals surface area contributed by atoms with Gasteiger partial charge in [-0.25, -0.2) is 0 Å². The molecule has 1 atom stereocenters. The molecule has 0 aliphatic heterocycles. The van der Waals surface area contributed by atoms with E-state index in [1.807, 2.05) is 30.3 Å². The van der Waals surface area contributed by atoms with Gasteiger partial charge in [-0.3, -0.25) is 0 Å². The Bertz CT molecular complexity index is 538. The molecule has 2 rings (SSSR count). The molecule has 0 saturated carbocycles. The summed E-state index contributed by atoms with van der Waals surface area (Å²) in [7, 11) is 0. The van der Waals surface area contributed by atoms with Gasteiger partial charge in [-0.15, -0.1) is 11.6 Å². The third-order valence-corrected chi connectivity index (χ3v) is 4.88. The van der Waals surface area contributed by atoms with Gasteiger partial charge in [0.2, 0.25) is 0 Å². The Morgan fingerprint density at radius 2 is 1.67 bits per heavy atom. The second-order valence-electron chi connectivity index (χ2n) is 3.94. The summed E-state index contributed by atoms with van der Waals surface area (Å²) in [6.07, 6.45) is 0.755. The van der Waals surface area contributed by atoms with Crippen LogP contribution in [0.15, 0.2) is 51.4 Å². The fourth-order valence-electron chi connectivity index (χ4n) is 1.70. The second kappa shape index (κ2) is 6.42. The number of alkyl halides is 1. The lowest BCUT2D eigenvalue weighted by Crippen LogP contribution is -1.97. The van der Waals surface area contributed by atoms with E-state index in [1.54, 1.807) is 0 Å². The number of hydrogen-bond acceptors (Lipinski definition) is 0. The smallest absolute Gasteiger partial charge is 0.0640 e. The first-order chi connectivity index (χ1) is 8.58. The lowest BCUT2D eigenvalue weighted by molar-refractivity contribution is 0.919. The first-order valence-corrected chi connectivity index (χ1v) is 7.80. The summed E-state index contributed by atoms with van der Waals surface area (Å²) in [5.74, 6) is 0. The maximum absolute atomic E-state index is 6.44. The highest BCUT2D eigenvalue weighted by atomic mass is 79.9. The van der Waals surface area contributed by atoms with E-state index < -0.39 is 0 Å². The molecule has 1 unspecified atom stereocenters. The van der Waals surface area contributed by atoms with Gasteiger partial charge in [0.15, 0.2) is 0 Å². The third-order valence-electron chi connectivity index (χ3n) is 2.65. The van der Waals surface area contributed by atoms with Crippen LogP contribution >= 0.6 is 55.1 Å². The quantitative estimate of drug-likeness (QED) is 0.516. The second-order valence-corrected chi connectivity index (χ2v) is 6.62. The standard InChI is InChI=1S/C14H10Br2Cl2/c15-10-6-4-9(5-7-10)8-13(17)11-2-1-3-12(16)14(11)18/h1-7,13H,8H2. The largest absolute Gasteiger partial charge is 0.117 e. The topological polar surface area (TPSA) is 0 Å². The molecule has 2 aromatic carbocycles. The predicted octanol–water partition coefficient (Wildman–Crippen LogP) is 6.39. The molecule has 0 fully saturated rings. The molecule has 0 aromatic heterocycles. The van der Waals surface area contributed by atoms with E-state index in [-0.39, 0.29) is 5.38 Å². The monoisotopic (exact) mass is 406 g/mol. The summed E-state index contributed by atoms with van der Waals surface area (Å²) >= 11 is 19.5. The Kier molecular flexibility index (Phi) is 5.14. The van der Waals surface area contributed by atoms with Crippen LogP contribution in [0.3, 0.4) is 0 Å². The normalized spacial score (nSPS) is 12.4. The molecule has 94 valence electrons. The van der Waals surface area contributed by atoms with Crippen LogP contribution in [0.4, 0.5) is 0 Å². The lowest BCUT2D eigenvalue weighted by Gasteiger charge is -2.12. The van der Waals surface area contributed by atoms with Crippen molar-refractivity contribution in [2.75, 3.05) is 0 Å². The molecular formula is C14H10Br2Cl2. The predicted molar refractivity (Wildman–Crippen MR) is 85.6 cm³/mol. The van der Waals surface area contributed by atoms with Crippen LogP contribution in [0.1, 0.15) is 16.5 Å². The van der Waals surface area contributed by atoms with Gasteiger partial charge in [-0.05, 0) is 51.7 Å². The van der Waals surface area contributed by atoms with Gasteiger partial charge in [0.25, 0.3) is 0 Å². The van der Waals surface area contributed by atoms with E-state index in [0.29, 0.717) is 5.02 Å². The fourth-order valence-corrected chi connectivity index (χ4v) is 3.02. The maximum Gasteiger partial charge on any atom is 0.0640 e. The Morgan fingerprint density at radius 3 is 2.33 bits per heavy atom. The van der Waals surface area contributed by atoms with Crippen LogP contribution < -0.4 is 0 Å². The minimum Gasteiger partial charge on any atom is -0.117 e. The molecule has 0 bridgehead atoms. The highest BCUT2D eigenvalue weighted by Crippen LogP contribution is 2.35. The molecular weight excluding hydrogens is 399 g/mol. The summed E-state index contributed by atoms with van der Waals surface area (Å²) < 4.78 is 1.95. The van der Waals surface area contributed by atoms with E-state index in [9.17, 15) is 0 Å². The minimum absolute atomic E-state index is 0.129. The highest BCUT2D eigenvalue weighted by molar-refractivity contribution is 9.10. The van der Waals surface area contributed by atoms with Gasteiger partial charge in [0.1, 0.15) is 0 Å². The van der Waals surface area contributed by atoms with E-state index >= 15 is 0 Å². The highest BCUT2D eigenvalue weighted by Gasteiger charge is 2.14. The Balaban J connectivity index is 2.19. The SMILES string of the molecule is Clc1c(Br)cccc1C(Cl)Cc1ccc(Br)cc1. The van der Waals surface area contributed by atoms with E-state index in [4.69, 9.17) is 23.2 Å². The van der Waals surface area contributed by atoms with Crippen molar-refractivity contribution >= 4 is 55.1 Å². The van der Waals surface area contributed by atoms with Crippen LogP contribution in [-0.2, 0) is 6.42 Å². The van der Waals surface area contributed by atoms with Crippen molar-refractivity contribution in [2.24, 2.45) is 0 Å². The summed E-state index contributed by atoms with van der Waals surface area (Å²) in [6, 6.07) is 14.0. The van der Waals surface area contributed by atoms with Crippen molar-refractivity contribution in [3.8, 4) is 0 Å². The molecule has 0 radical (unpaired) electrons. The number of hydrogen-bond donors (Lipinski definition) is 0. The average Bonchev–Trinajstić information content (AvgIpc) is 2.35. The van der Waals surface area contributed by atoms with Gasteiger partial charge < -0.3 is 0 Å². The van der Waals surface area contributed by atoms with Crippen molar-refractivity contribution in [2.45, 2.75) is 11.8 Å². The van der Waals surface area contributed by atoms with Gasteiger partial charge >= 0.3 is 0 Å². The molecule has 0 nitrogen and oxygen atoms in total. The van der Waals surface area contributed by atoms with Crippen molar-refractivity contribution in [3.63, 3.8) is 0 Å². The van der Waals surface area contributed by atoms with E-state index in [2.05, 4.69) is 44.0 Å². The first kappa shape index (κ1) is 14.4. The Labute approximate surface area is 134 Å². The first-order valence-electron chi connectivity index (χ1n) is 5.40. The minimum atomic E-state index is -0.129. The third kappa shape index (κ3) is 3.51. The van der Waals surface area contributed by atoms with Crippen LogP contribution in [0.2, 0.25) is 5.02 Å². The molecule has 0 aliphatic carbocycles. The Morgan fingerprint density at radius 1 is 1.00 bits per heavy atom. The zero-order chi connectivity index (χ0) is 13.1. The van der Waals surface area contributed by atoms with Gasteiger partial charge in [-0.1, -0.05) is 51.8 Å². The number of rotatable bonds is 3. The zero-order valence-electron chi connectivity index (χ0n) is 9.34. The number of halogens is 4. The maximum atomic E-state index is 6.44. The average molecular weight is 409 g/mol. The molecule has 0 amide bonds. The number of benzene rings is 2. The van der Waals surface area contributed by atoms with Gasteiger partial charge in [0.05, 0.1) is 10.4 Å². The van der Waals surface area contributed by atoms with E-state index in [0.717, 1.165) is 20.9 Å². The van der Waals surface area contributed by atoms with Crippen LogP contribution in [0.25, 0.3) is 0 Å². The molecule has 2 aromatic rings. The summed E-state index contributed by atoms with van der Waals surface area (Å²) in [5, 5.41) is 0.561. The van der Waals surface area contributed by atoms with Gasteiger partial charge in [0, 0.05) is 8.95 Å². The lowest BCUT2D eigenvalue weighted by atomic mass is 10.0. The molecule has 0 aliphatic rings. The molecule has 4 heteroatoms. The van der Waals surface area contributed by atoms with Crippen molar-refractivity contribution in [1.82, 2.24) is 0 Å². The zero-order valence-corrected chi connectivity index (χ0v) is 14.0. The Hall–Kier alpha value is -0.0200. The molecule has 0 spiro atoms. The summed E-state index contributed by atoms with van der Waals surface area (Å²) in [5.41, 5.74) is 2.14. The van der Waals surface area contributed by atoms with Crippen molar-refractivity contribution in [1.29, 1.82) is 0 Å². The van der Waals surface area contributed by atoms with Crippen LogP contribution in [-0.4, -0.2) is 0 Å². The summed E-state index contributed by atoms with van der Waals surface area (Å²) in [6.45, 7) is 0.